The van der Waals surface area contributed by atoms with Crippen molar-refractivity contribution in [1.29, 1.82) is 0 Å². The van der Waals surface area contributed by atoms with E-state index in [0.29, 0.717) is 24.7 Å². The van der Waals surface area contributed by atoms with Crippen LogP contribution in [0.25, 0.3) is 0 Å². The van der Waals surface area contributed by atoms with Crippen LogP contribution >= 0.6 is 11.3 Å². The van der Waals surface area contributed by atoms with Crippen molar-refractivity contribution < 1.29 is 17.9 Å². The van der Waals surface area contributed by atoms with E-state index in [1.807, 2.05) is 24.0 Å². The fraction of sp³-hybridized carbons (Fsp3) is 0.444. The summed E-state index contributed by atoms with van der Waals surface area (Å²) in [6.45, 7) is 4.86. The zero-order valence-electron chi connectivity index (χ0n) is 15.3. The van der Waals surface area contributed by atoms with Crippen LogP contribution in [0.5, 0.6) is 5.88 Å². The van der Waals surface area contributed by atoms with Gasteiger partial charge in [-0.15, -0.1) is 11.3 Å². The van der Waals surface area contributed by atoms with Crippen LogP contribution in [0, 0.1) is 6.92 Å². The predicted molar refractivity (Wildman–Crippen MR) is 106 cm³/mol. The van der Waals surface area contributed by atoms with Gasteiger partial charge in [0.15, 0.2) is 0 Å². The van der Waals surface area contributed by atoms with Gasteiger partial charge in [-0.3, -0.25) is 9.52 Å². The van der Waals surface area contributed by atoms with Gasteiger partial charge in [0.25, 0.3) is 5.91 Å². The fourth-order valence-electron chi connectivity index (χ4n) is 2.81. The van der Waals surface area contributed by atoms with Crippen LogP contribution in [0.2, 0.25) is 0 Å². The number of carbonyl (C=O) groups excluding carboxylic acids is 1. The van der Waals surface area contributed by atoms with Gasteiger partial charge in [-0.1, -0.05) is 0 Å². The third-order valence-corrected chi connectivity index (χ3v) is 6.65. The third kappa shape index (κ3) is 5.20. The van der Waals surface area contributed by atoms with Crippen LogP contribution < -0.4 is 9.46 Å². The zero-order chi connectivity index (χ0) is 19.4. The molecule has 0 radical (unpaired) electrons. The van der Waals surface area contributed by atoms with E-state index in [-0.39, 0.29) is 17.8 Å². The summed E-state index contributed by atoms with van der Waals surface area (Å²) in [6, 6.07) is 7.12. The van der Waals surface area contributed by atoms with Gasteiger partial charge in [0.2, 0.25) is 15.9 Å². The van der Waals surface area contributed by atoms with Crippen molar-refractivity contribution >= 4 is 33.0 Å². The molecular weight excluding hydrogens is 386 g/mol. The molecule has 0 atom stereocenters. The molecule has 27 heavy (non-hydrogen) atoms. The Morgan fingerprint density at radius 2 is 2.04 bits per heavy atom. The molecule has 1 N–H and O–H groups in total. The highest BCUT2D eigenvalue weighted by atomic mass is 32.2. The number of carbonyl (C=O) groups is 1. The molecule has 0 aromatic carbocycles. The monoisotopic (exact) mass is 409 g/mol. The number of thiophene rings is 1. The maximum absolute atomic E-state index is 12.5. The second kappa shape index (κ2) is 8.26. The molecule has 146 valence electrons. The topological polar surface area (TPSA) is 88.6 Å². The number of aromatic nitrogens is 1. The summed E-state index contributed by atoms with van der Waals surface area (Å²) in [6.07, 6.45) is 2.91. The van der Waals surface area contributed by atoms with E-state index in [9.17, 15) is 13.2 Å². The molecule has 1 amide bonds. The molecule has 2 aromatic heterocycles. The van der Waals surface area contributed by atoms with Crippen molar-refractivity contribution in [3.63, 3.8) is 0 Å². The number of rotatable bonds is 6. The summed E-state index contributed by atoms with van der Waals surface area (Å²) in [7, 11) is -3.32. The second-order valence-corrected chi connectivity index (χ2v) is 9.71. The Morgan fingerprint density at radius 3 is 2.59 bits per heavy atom. The van der Waals surface area contributed by atoms with Crippen molar-refractivity contribution in [3.8, 4) is 5.88 Å². The molecule has 0 bridgehead atoms. The van der Waals surface area contributed by atoms with E-state index >= 15 is 0 Å². The lowest BCUT2D eigenvalue weighted by molar-refractivity contribution is 0.0592. The van der Waals surface area contributed by atoms with Crippen molar-refractivity contribution in [2.75, 3.05) is 23.6 Å². The lowest BCUT2D eigenvalue weighted by atomic mass is 10.1. The van der Waals surface area contributed by atoms with Gasteiger partial charge in [-0.05, 0) is 32.0 Å². The first-order valence-corrected chi connectivity index (χ1v) is 11.3. The van der Waals surface area contributed by atoms with E-state index in [2.05, 4.69) is 9.71 Å². The van der Waals surface area contributed by atoms with Gasteiger partial charge in [0, 0.05) is 36.9 Å². The average molecular weight is 410 g/mol. The Labute approximate surface area is 163 Å². The fourth-order valence-corrected chi connectivity index (χ4v) is 4.27. The molecule has 0 spiro atoms. The number of pyridine rings is 1. The highest BCUT2D eigenvalue weighted by Crippen LogP contribution is 2.22. The number of ether oxygens (including phenoxy) is 1. The van der Waals surface area contributed by atoms with E-state index < -0.39 is 10.0 Å². The number of nitrogens with zero attached hydrogens (tertiary/aromatic N) is 2. The van der Waals surface area contributed by atoms with Crippen molar-refractivity contribution in [3.05, 3.63) is 40.2 Å². The zero-order valence-corrected chi connectivity index (χ0v) is 17.0. The summed E-state index contributed by atoms with van der Waals surface area (Å²) in [5.41, 5.74) is 0.413. The number of amides is 1. The molecule has 0 unspecified atom stereocenters. The summed E-state index contributed by atoms with van der Waals surface area (Å²) in [4.78, 5) is 20.4. The molecule has 2 aromatic rings. The minimum atomic E-state index is -3.32. The quantitative estimate of drug-likeness (QED) is 0.792. The van der Waals surface area contributed by atoms with Gasteiger partial charge in [0.05, 0.1) is 22.5 Å². The molecule has 7 nitrogen and oxygen atoms in total. The molecule has 1 fully saturated rings. The maximum Gasteiger partial charge on any atom is 0.263 e. The summed E-state index contributed by atoms with van der Waals surface area (Å²) in [5.74, 6) is 0.540. The Hall–Kier alpha value is -2.13. The molecular formula is C18H23N3O4S2. The minimum absolute atomic E-state index is 0.00753. The Balaban J connectivity index is 1.51. The van der Waals surface area contributed by atoms with Crippen LogP contribution in [0.15, 0.2) is 30.5 Å². The van der Waals surface area contributed by atoms with Crippen LogP contribution in [0.4, 0.5) is 5.69 Å². The summed E-state index contributed by atoms with van der Waals surface area (Å²) >= 11 is 1.52. The largest absolute Gasteiger partial charge is 0.474 e. The van der Waals surface area contributed by atoms with Crippen molar-refractivity contribution in [2.24, 2.45) is 0 Å². The molecule has 9 heteroatoms. The first-order valence-electron chi connectivity index (χ1n) is 8.85. The van der Waals surface area contributed by atoms with Crippen LogP contribution in [0.3, 0.4) is 0 Å². The van der Waals surface area contributed by atoms with E-state index in [0.717, 1.165) is 22.6 Å². The highest BCUT2D eigenvalue weighted by Gasteiger charge is 2.25. The van der Waals surface area contributed by atoms with Gasteiger partial charge in [0.1, 0.15) is 6.10 Å². The lowest BCUT2D eigenvalue weighted by Gasteiger charge is -2.31. The molecule has 0 saturated carbocycles. The van der Waals surface area contributed by atoms with Crippen molar-refractivity contribution in [1.82, 2.24) is 9.88 Å². The second-order valence-electron chi connectivity index (χ2n) is 6.41. The van der Waals surface area contributed by atoms with Gasteiger partial charge < -0.3 is 9.64 Å². The number of piperidine rings is 1. The maximum atomic E-state index is 12.5. The normalized spacial score (nSPS) is 15.6. The number of nitrogens with one attached hydrogen (secondary N) is 1. The molecule has 3 heterocycles. The molecule has 1 saturated heterocycles. The van der Waals surface area contributed by atoms with Crippen LogP contribution in [-0.2, 0) is 10.0 Å². The average Bonchev–Trinajstić information content (AvgIpc) is 3.09. The Morgan fingerprint density at radius 1 is 1.30 bits per heavy atom. The SMILES string of the molecule is CCS(=O)(=O)Nc1ccc(OC2CCN(C(=O)c3ccc(C)s3)CC2)nc1. The van der Waals surface area contributed by atoms with Crippen LogP contribution in [0.1, 0.15) is 34.3 Å². The Bertz CT molecular complexity index is 886. The summed E-state index contributed by atoms with van der Waals surface area (Å²) in [5, 5.41) is 0. The number of sulfonamides is 1. The molecule has 0 aliphatic carbocycles. The first kappa shape index (κ1) is 19.6. The van der Waals surface area contributed by atoms with Crippen LogP contribution in [-0.4, -0.2) is 49.2 Å². The van der Waals surface area contributed by atoms with Gasteiger partial charge in [-0.2, -0.15) is 0 Å². The number of hydrogen-bond acceptors (Lipinski definition) is 6. The predicted octanol–water partition coefficient (Wildman–Crippen LogP) is 2.90. The van der Waals surface area contributed by atoms with Gasteiger partial charge in [-0.25, -0.2) is 13.4 Å². The number of anilines is 1. The van der Waals surface area contributed by atoms with E-state index in [1.165, 1.54) is 17.5 Å². The number of likely N-dealkylation sites (tertiary alicyclic amines) is 1. The number of aryl methyl sites for hydroxylation is 1. The van der Waals surface area contributed by atoms with E-state index in [1.54, 1.807) is 19.1 Å². The molecule has 3 rings (SSSR count). The smallest absolute Gasteiger partial charge is 0.263 e. The highest BCUT2D eigenvalue weighted by molar-refractivity contribution is 7.92. The van der Waals surface area contributed by atoms with Gasteiger partial charge >= 0.3 is 0 Å². The Kier molecular flexibility index (Phi) is 6.01. The molecule has 1 aliphatic rings. The van der Waals surface area contributed by atoms with E-state index in [4.69, 9.17) is 4.74 Å². The van der Waals surface area contributed by atoms with Crippen molar-refractivity contribution in [2.45, 2.75) is 32.8 Å². The minimum Gasteiger partial charge on any atom is -0.474 e. The third-order valence-electron chi connectivity index (χ3n) is 4.36. The summed E-state index contributed by atoms with van der Waals surface area (Å²) < 4.78 is 31.4. The number of hydrogen-bond donors (Lipinski definition) is 1. The first-order chi connectivity index (χ1) is 12.9. The standard InChI is InChI=1S/C18H23N3O4S2/c1-3-27(23,24)20-14-5-7-17(19-12-14)25-15-8-10-21(11-9-15)18(22)16-6-4-13(2)26-16/h4-7,12,15,20H,3,8-11H2,1-2H3. The molecule has 1 aliphatic heterocycles. The lowest BCUT2D eigenvalue weighted by Crippen LogP contribution is -2.41.